The van der Waals surface area contributed by atoms with E-state index in [2.05, 4.69) is 24.5 Å². The number of aliphatic hydroxyl groups excluding tert-OH is 1. The van der Waals surface area contributed by atoms with Gasteiger partial charge in [0.25, 0.3) is 0 Å². The third kappa shape index (κ3) is 6.52. The van der Waals surface area contributed by atoms with Crippen LogP contribution in [0.15, 0.2) is 35.3 Å². The summed E-state index contributed by atoms with van der Waals surface area (Å²) in [5, 5.41) is 16.8. The van der Waals surface area contributed by atoms with Gasteiger partial charge in [0.15, 0.2) is 17.5 Å². The van der Waals surface area contributed by atoms with Gasteiger partial charge in [-0.15, -0.1) is 11.3 Å². The summed E-state index contributed by atoms with van der Waals surface area (Å²) in [6.45, 7) is 7.89. The molecule has 2 aromatic rings. The molecular weight excluding hydrogens is 410 g/mol. The summed E-state index contributed by atoms with van der Waals surface area (Å²) >= 11 is 7.33. The number of guanidine groups is 1. The molecule has 0 saturated carbocycles. The van der Waals surface area contributed by atoms with Crippen LogP contribution in [0.25, 0.3) is 0 Å². The molecule has 160 valence electrons. The number of benzene rings is 1. The molecule has 0 aliphatic heterocycles. The molecule has 0 fully saturated rings. The molecule has 1 aromatic carbocycles. The van der Waals surface area contributed by atoms with E-state index in [0.29, 0.717) is 34.9 Å². The second-order valence-electron chi connectivity index (χ2n) is 7.19. The van der Waals surface area contributed by atoms with Crippen LogP contribution in [0.3, 0.4) is 0 Å². The Morgan fingerprint density at radius 1 is 1.17 bits per heavy atom. The van der Waals surface area contributed by atoms with E-state index in [1.807, 2.05) is 31.2 Å². The van der Waals surface area contributed by atoms with E-state index in [4.69, 9.17) is 26.1 Å². The van der Waals surface area contributed by atoms with Gasteiger partial charge in [0.1, 0.15) is 6.10 Å². The average molecular weight is 440 g/mol. The minimum Gasteiger partial charge on any atom is -0.493 e. The van der Waals surface area contributed by atoms with Crippen LogP contribution < -0.4 is 20.1 Å². The molecule has 2 rings (SSSR count). The molecule has 1 aromatic heterocycles. The molecule has 6 nitrogen and oxygen atoms in total. The zero-order valence-electron chi connectivity index (χ0n) is 17.6. The zero-order chi connectivity index (χ0) is 21.4. The molecule has 0 bridgehead atoms. The van der Waals surface area contributed by atoms with Crippen LogP contribution in [0.2, 0.25) is 4.34 Å². The van der Waals surface area contributed by atoms with Gasteiger partial charge in [-0.2, -0.15) is 0 Å². The number of halogens is 1. The molecule has 3 N–H and O–H groups in total. The fraction of sp³-hybridized carbons (Fsp3) is 0.476. The molecular formula is C21H30ClN3O3S. The maximum atomic E-state index is 10.3. The lowest BCUT2D eigenvalue weighted by molar-refractivity contribution is 0.184. The van der Waals surface area contributed by atoms with Gasteiger partial charge in [0.2, 0.25) is 0 Å². The van der Waals surface area contributed by atoms with Crippen LogP contribution in [-0.2, 0) is 5.41 Å². The first kappa shape index (κ1) is 23.3. The third-order valence-corrected chi connectivity index (χ3v) is 5.86. The maximum Gasteiger partial charge on any atom is 0.191 e. The molecule has 1 atom stereocenters. The van der Waals surface area contributed by atoms with Gasteiger partial charge in [-0.1, -0.05) is 31.5 Å². The van der Waals surface area contributed by atoms with Crippen molar-refractivity contribution >= 4 is 28.9 Å². The van der Waals surface area contributed by atoms with Gasteiger partial charge >= 0.3 is 0 Å². The van der Waals surface area contributed by atoms with Crippen LogP contribution in [0.1, 0.15) is 37.3 Å². The lowest BCUT2D eigenvalue weighted by atomic mass is 9.84. The molecule has 0 saturated heterocycles. The largest absolute Gasteiger partial charge is 0.493 e. The SMILES string of the molecule is CCNC(=NCC(C)(C)c1ccc(OC)c(OC)c1)NCC(O)c1ccc(Cl)s1. The maximum absolute atomic E-state index is 10.3. The number of aliphatic hydroxyl groups is 1. The number of hydrogen-bond acceptors (Lipinski definition) is 5. The van der Waals surface area contributed by atoms with Crippen LogP contribution in [0, 0.1) is 0 Å². The molecule has 0 radical (unpaired) electrons. The predicted molar refractivity (Wildman–Crippen MR) is 121 cm³/mol. The smallest absolute Gasteiger partial charge is 0.191 e. The highest BCUT2D eigenvalue weighted by atomic mass is 35.5. The number of ether oxygens (including phenoxy) is 2. The van der Waals surface area contributed by atoms with Crippen LogP contribution in [0.4, 0.5) is 0 Å². The Kier molecular flexibility index (Phi) is 8.61. The van der Waals surface area contributed by atoms with Crippen LogP contribution >= 0.6 is 22.9 Å². The lowest BCUT2D eigenvalue weighted by Crippen LogP contribution is -2.40. The number of nitrogens with zero attached hydrogens (tertiary/aromatic N) is 1. The van der Waals surface area contributed by atoms with E-state index in [-0.39, 0.29) is 5.41 Å². The second kappa shape index (κ2) is 10.7. The fourth-order valence-electron chi connectivity index (χ4n) is 2.77. The summed E-state index contributed by atoms with van der Waals surface area (Å²) in [4.78, 5) is 5.54. The van der Waals surface area contributed by atoms with E-state index < -0.39 is 6.10 Å². The Morgan fingerprint density at radius 2 is 1.90 bits per heavy atom. The Balaban J connectivity index is 2.07. The number of thiophene rings is 1. The summed E-state index contributed by atoms with van der Waals surface area (Å²) in [6.07, 6.45) is -0.643. The molecule has 1 unspecified atom stereocenters. The molecule has 0 aliphatic rings. The normalized spacial score (nSPS) is 13.1. The van der Waals surface area contributed by atoms with Gasteiger partial charge < -0.3 is 25.2 Å². The summed E-state index contributed by atoms with van der Waals surface area (Å²) in [7, 11) is 3.26. The number of rotatable bonds is 9. The average Bonchev–Trinajstić information content (AvgIpc) is 3.15. The van der Waals surface area contributed by atoms with Crippen LogP contribution in [0.5, 0.6) is 11.5 Å². The first-order chi connectivity index (χ1) is 13.8. The van der Waals surface area contributed by atoms with Gasteiger partial charge in [-0.25, -0.2) is 0 Å². The van der Waals surface area contributed by atoms with Gasteiger partial charge in [-0.05, 0) is 36.8 Å². The first-order valence-corrected chi connectivity index (χ1v) is 10.7. The van der Waals surface area contributed by atoms with Crippen molar-refractivity contribution in [3.8, 4) is 11.5 Å². The Morgan fingerprint density at radius 3 is 2.48 bits per heavy atom. The summed E-state index contributed by atoms with van der Waals surface area (Å²) in [6, 6.07) is 9.55. The molecule has 0 spiro atoms. The van der Waals surface area contributed by atoms with Gasteiger partial charge in [0.05, 0.1) is 25.1 Å². The molecule has 8 heteroatoms. The summed E-state index contributed by atoms with van der Waals surface area (Å²) in [5.74, 6) is 2.06. The topological polar surface area (TPSA) is 75.1 Å². The Labute approximate surface area is 181 Å². The Hall–Kier alpha value is -1.96. The van der Waals surface area contributed by atoms with E-state index in [1.165, 1.54) is 11.3 Å². The number of aliphatic imine (C=N–C) groups is 1. The van der Waals surface area contributed by atoms with Gasteiger partial charge in [-0.3, -0.25) is 4.99 Å². The van der Waals surface area contributed by atoms with Crippen molar-refractivity contribution in [1.29, 1.82) is 0 Å². The minimum absolute atomic E-state index is 0.220. The molecule has 1 heterocycles. The second-order valence-corrected chi connectivity index (χ2v) is 8.93. The summed E-state index contributed by atoms with van der Waals surface area (Å²) < 4.78 is 11.4. The lowest BCUT2D eigenvalue weighted by Gasteiger charge is -2.25. The van der Waals surface area contributed by atoms with E-state index in [1.54, 1.807) is 20.3 Å². The van der Waals surface area contributed by atoms with Crippen molar-refractivity contribution < 1.29 is 14.6 Å². The quantitative estimate of drug-likeness (QED) is 0.407. The zero-order valence-corrected chi connectivity index (χ0v) is 19.2. The predicted octanol–water partition coefficient (Wildman–Crippen LogP) is 3.99. The fourth-order valence-corrected chi connectivity index (χ4v) is 3.82. The van der Waals surface area contributed by atoms with Crippen molar-refractivity contribution in [2.75, 3.05) is 33.9 Å². The van der Waals surface area contributed by atoms with E-state index >= 15 is 0 Å². The van der Waals surface area contributed by atoms with Crippen molar-refractivity contribution in [3.63, 3.8) is 0 Å². The number of methoxy groups -OCH3 is 2. The monoisotopic (exact) mass is 439 g/mol. The van der Waals surface area contributed by atoms with Crippen molar-refractivity contribution in [2.24, 2.45) is 4.99 Å². The molecule has 0 amide bonds. The first-order valence-electron chi connectivity index (χ1n) is 9.48. The van der Waals surface area contributed by atoms with Crippen molar-refractivity contribution in [2.45, 2.75) is 32.3 Å². The highest BCUT2D eigenvalue weighted by Gasteiger charge is 2.22. The highest BCUT2D eigenvalue weighted by Crippen LogP contribution is 2.33. The van der Waals surface area contributed by atoms with Crippen molar-refractivity contribution in [1.82, 2.24) is 10.6 Å². The molecule has 29 heavy (non-hydrogen) atoms. The van der Waals surface area contributed by atoms with Crippen LogP contribution in [-0.4, -0.2) is 44.9 Å². The van der Waals surface area contributed by atoms with Crippen molar-refractivity contribution in [3.05, 3.63) is 45.1 Å². The van der Waals surface area contributed by atoms with Gasteiger partial charge in [0, 0.05) is 23.4 Å². The minimum atomic E-state index is -0.643. The van der Waals surface area contributed by atoms with E-state index in [9.17, 15) is 5.11 Å². The molecule has 0 aliphatic carbocycles. The Bertz CT molecular complexity index is 823. The summed E-state index contributed by atoms with van der Waals surface area (Å²) in [5.41, 5.74) is 0.880. The number of hydrogen-bond donors (Lipinski definition) is 3. The van der Waals surface area contributed by atoms with E-state index in [0.717, 1.165) is 17.0 Å². The standard InChI is InChI=1S/C21H30ClN3O3S/c1-6-23-20(24-12-15(26)18-9-10-19(22)29-18)25-13-21(2,3)14-7-8-16(27-4)17(11-14)28-5/h7-11,15,26H,6,12-13H2,1-5H3,(H2,23,24,25). The third-order valence-electron chi connectivity index (χ3n) is 4.53. The number of nitrogens with one attached hydrogen (secondary N) is 2. The highest BCUT2D eigenvalue weighted by molar-refractivity contribution is 7.16.